The molecule has 1 N–H and O–H groups in total. The number of amides is 1. The second-order valence-corrected chi connectivity index (χ2v) is 6.79. The van der Waals surface area contributed by atoms with E-state index in [9.17, 15) is 9.59 Å². The van der Waals surface area contributed by atoms with Gasteiger partial charge in [0.2, 0.25) is 0 Å². The van der Waals surface area contributed by atoms with E-state index in [-0.39, 0.29) is 30.3 Å². The number of rotatable bonds is 10. The van der Waals surface area contributed by atoms with Crippen molar-refractivity contribution in [3.63, 3.8) is 0 Å². The number of nitrogens with one attached hydrogen (secondary N) is 1. The number of hydrogen-bond donors (Lipinski definition) is 1. The first-order chi connectivity index (χ1) is 13.6. The molecule has 0 spiro atoms. The van der Waals surface area contributed by atoms with Gasteiger partial charge in [-0.3, -0.25) is 9.59 Å². The van der Waals surface area contributed by atoms with Gasteiger partial charge in [-0.15, -0.1) is 0 Å². The van der Waals surface area contributed by atoms with Crippen LogP contribution in [0.2, 0.25) is 0 Å². The fourth-order valence-corrected chi connectivity index (χ4v) is 3.12. The predicted molar refractivity (Wildman–Crippen MR) is 109 cm³/mol. The Bertz CT molecular complexity index is 760. The fourth-order valence-electron chi connectivity index (χ4n) is 3.12. The zero-order chi connectivity index (χ0) is 20.4. The highest BCUT2D eigenvalue weighted by atomic mass is 16.5. The Labute approximate surface area is 167 Å². The molecule has 1 amide bonds. The smallest absolute Gasteiger partial charge is 0.314 e. The van der Waals surface area contributed by atoms with Crippen LogP contribution in [0.1, 0.15) is 37.3 Å². The van der Waals surface area contributed by atoms with Crippen LogP contribution in [0.3, 0.4) is 0 Å². The molecule has 0 aliphatic carbocycles. The van der Waals surface area contributed by atoms with Gasteiger partial charge in [-0.05, 0) is 29.5 Å². The van der Waals surface area contributed by atoms with E-state index < -0.39 is 0 Å². The molecule has 2 aromatic carbocycles. The van der Waals surface area contributed by atoms with E-state index in [2.05, 4.69) is 5.32 Å². The second kappa shape index (κ2) is 11.1. The molecule has 0 fully saturated rings. The van der Waals surface area contributed by atoms with E-state index in [0.29, 0.717) is 13.0 Å². The summed E-state index contributed by atoms with van der Waals surface area (Å²) in [7, 11) is 1.62. The number of benzene rings is 2. The lowest BCUT2D eigenvalue weighted by atomic mass is 9.86. The quantitative estimate of drug-likeness (QED) is 0.635. The molecule has 0 bridgehead atoms. The van der Waals surface area contributed by atoms with Gasteiger partial charge in [0, 0.05) is 6.54 Å². The zero-order valence-corrected chi connectivity index (χ0v) is 16.8. The maximum absolute atomic E-state index is 12.6. The van der Waals surface area contributed by atoms with Gasteiger partial charge in [-0.25, -0.2) is 0 Å². The van der Waals surface area contributed by atoms with E-state index in [1.165, 1.54) is 0 Å². The molecule has 2 rings (SSSR count). The normalized spacial score (nSPS) is 12.7. The van der Waals surface area contributed by atoms with Crippen molar-refractivity contribution in [1.82, 2.24) is 5.32 Å². The lowest BCUT2D eigenvalue weighted by molar-refractivity contribution is -0.151. The highest BCUT2D eigenvalue weighted by Gasteiger charge is 2.27. The topological polar surface area (TPSA) is 64.6 Å². The highest BCUT2D eigenvalue weighted by molar-refractivity contribution is 5.83. The van der Waals surface area contributed by atoms with Crippen molar-refractivity contribution in [3.8, 4) is 5.75 Å². The number of hydrogen-bond acceptors (Lipinski definition) is 4. The molecule has 2 aromatic rings. The van der Waals surface area contributed by atoms with Crippen molar-refractivity contribution in [1.29, 1.82) is 0 Å². The minimum absolute atomic E-state index is 0.128. The number of carbonyl (C=O) groups is 2. The minimum Gasteiger partial charge on any atom is -0.496 e. The molecule has 0 saturated heterocycles. The molecule has 0 aliphatic rings. The van der Waals surface area contributed by atoms with E-state index in [1.807, 2.05) is 68.4 Å². The Balaban J connectivity index is 1.84. The Morgan fingerprint density at radius 1 is 1.04 bits per heavy atom. The van der Waals surface area contributed by atoms with Crippen molar-refractivity contribution >= 4 is 11.9 Å². The Hall–Kier alpha value is -2.82. The first-order valence-electron chi connectivity index (χ1n) is 9.67. The first kappa shape index (κ1) is 21.5. The highest BCUT2D eigenvalue weighted by Crippen LogP contribution is 2.28. The molecule has 0 radical (unpaired) electrons. The van der Waals surface area contributed by atoms with Crippen LogP contribution < -0.4 is 10.1 Å². The average Bonchev–Trinajstić information content (AvgIpc) is 2.73. The molecule has 0 aromatic heterocycles. The number of para-hydroxylation sites is 1. The number of ether oxygens (including phenoxy) is 2. The van der Waals surface area contributed by atoms with E-state index in [4.69, 9.17) is 9.47 Å². The third-order valence-corrected chi connectivity index (χ3v) is 4.88. The zero-order valence-electron chi connectivity index (χ0n) is 16.8. The predicted octanol–water partition coefficient (Wildman–Crippen LogP) is 3.73. The summed E-state index contributed by atoms with van der Waals surface area (Å²) in [4.78, 5) is 24.7. The number of carbonyl (C=O) groups excluding carboxylic acids is 2. The van der Waals surface area contributed by atoms with Crippen LogP contribution in [0.25, 0.3) is 0 Å². The van der Waals surface area contributed by atoms with Gasteiger partial charge in [0.1, 0.15) is 5.75 Å². The average molecular weight is 383 g/mol. The Morgan fingerprint density at radius 2 is 1.71 bits per heavy atom. The van der Waals surface area contributed by atoms with E-state index >= 15 is 0 Å². The van der Waals surface area contributed by atoms with Gasteiger partial charge < -0.3 is 14.8 Å². The summed E-state index contributed by atoms with van der Waals surface area (Å²) in [6, 6.07) is 17.2. The first-order valence-corrected chi connectivity index (χ1v) is 9.67. The summed E-state index contributed by atoms with van der Waals surface area (Å²) >= 11 is 0. The molecule has 2 atom stereocenters. The van der Waals surface area contributed by atoms with Crippen molar-refractivity contribution in [2.24, 2.45) is 5.92 Å². The standard InChI is InChI=1S/C23H29NO4/c1-4-17(2)22(19-11-6-5-7-12-19)23(26)28-16-21(25)24-15-14-18-10-8-9-13-20(18)27-3/h5-13,17,22H,4,14-16H2,1-3H3,(H,24,25)/t17-,22-/m1/s1. The lowest BCUT2D eigenvalue weighted by Crippen LogP contribution is -2.32. The summed E-state index contributed by atoms with van der Waals surface area (Å²) in [5, 5.41) is 2.79. The third kappa shape index (κ3) is 6.12. The SMILES string of the molecule is CC[C@@H](C)[C@@H](C(=O)OCC(=O)NCCc1ccccc1OC)c1ccccc1. The van der Waals surface area contributed by atoms with Crippen LogP contribution >= 0.6 is 0 Å². The van der Waals surface area contributed by atoms with Gasteiger partial charge in [0.05, 0.1) is 13.0 Å². The maximum atomic E-state index is 12.6. The number of esters is 1. The van der Waals surface area contributed by atoms with Gasteiger partial charge in [-0.1, -0.05) is 68.8 Å². The molecular weight excluding hydrogens is 354 g/mol. The summed E-state index contributed by atoms with van der Waals surface area (Å²) in [6.45, 7) is 4.24. The maximum Gasteiger partial charge on any atom is 0.314 e. The monoisotopic (exact) mass is 383 g/mol. The van der Waals surface area contributed by atoms with Crippen LogP contribution in [0, 0.1) is 5.92 Å². The van der Waals surface area contributed by atoms with Crippen molar-refractivity contribution in [2.45, 2.75) is 32.6 Å². The molecule has 0 aliphatic heterocycles. The molecule has 0 unspecified atom stereocenters. The van der Waals surface area contributed by atoms with Gasteiger partial charge in [0.25, 0.3) is 5.91 Å². The molecule has 0 heterocycles. The van der Waals surface area contributed by atoms with Crippen molar-refractivity contribution in [2.75, 3.05) is 20.3 Å². The third-order valence-electron chi connectivity index (χ3n) is 4.88. The van der Waals surface area contributed by atoms with Crippen molar-refractivity contribution < 1.29 is 19.1 Å². The van der Waals surface area contributed by atoms with Crippen LogP contribution in [0.4, 0.5) is 0 Å². The van der Waals surface area contributed by atoms with Gasteiger partial charge >= 0.3 is 5.97 Å². The summed E-state index contributed by atoms with van der Waals surface area (Å²) in [5.74, 6) is -0.113. The molecule has 28 heavy (non-hydrogen) atoms. The second-order valence-electron chi connectivity index (χ2n) is 6.79. The molecule has 150 valence electrons. The molecular formula is C23H29NO4. The Kier molecular flexibility index (Phi) is 8.53. The lowest BCUT2D eigenvalue weighted by Gasteiger charge is -2.21. The molecule has 5 heteroatoms. The van der Waals surface area contributed by atoms with Crippen LogP contribution in [0.5, 0.6) is 5.75 Å². The van der Waals surface area contributed by atoms with E-state index in [1.54, 1.807) is 7.11 Å². The van der Waals surface area contributed by atoms with Crippen LogP contribution in [-0.2, 0) is 20.7 Å². The number of methoxy groups -OCH3 is 1. The Morgan fingerprint density at radius 3 is 2.39 bits per heavy atom. The van der Waals surface area contributed by atoms with Crippen LogP contribution in [0.15, 0.2) is 54.6 Å². The minimum atomic E-state index is -0.368. The molecule has 0 saturated carbocycles. The van der Waals surface area contributed by atoms with Crippen molar-refractivity contribution in [3.05, 3.63) is 65.7 Å². The summed E-state index contributed by atoms with van der Waals surface area (Å²) in [5.41, 5.74) is 1.93. The fraction of sp³-hybridized carbons (Fsp3) is 0.391. The van der Waals surface area contributed by atoms with Gasteiger partial charge in [-0.2, -0.15) is 0 Å². The van der Waals surface area contributed by atoms with Gasteiger partial charge in [0.15, 0.2) is 6.61 Å². The van der Waals surface area contributed by atoms with E-state index in [0.717, 1.165) is 23.3 Å². The largest absolute Gasteiger partial charge is 0.496 e. The summed E-state index contributed by atoms with van der Waals surface area (Å²) in [6.07, 6.45) is 1.49. The molecule has 5 nitrogen and oxygen atoms in total. The van der Waals surface area contributed by atoms with Crippen LogP contribution in [-0.4, -0.2) is 32.1 Å². The summed E-state index contributed by atoms with van der Waals surface area (Å²) < 4.78 is 10.6.